The van der Waals surface area contributed by atoms with Crippen LogP contribution in [0.2, 0.25) is 0 Å². The Balaban J connectivity index is 2.71. The quantitative estimate of drug-likeness (QED) is 0.118. The van der Waals surface area contributed by atoms with E-state index in [-0.39, 0.29) is 30.5 Å². The normalized spacial score (nSPS) is 11.7. The predicted octanol–water partition coefficient (Wildman–Crippen LogP) is 1.77. The highest BCUT2D eigenvalue weighted by atomic mass is 16.5. The Hall–Kier alpha value is -2.81. The van der Waals surface area contributed by atoms with Crippen LogP contribution in [-0.2, 0) is 16.1 Å². The Labute approximate surface area is 179 Å². The second-order valence-corrected chi connectivity index (χ2v) is 7.17. The van der Waals surface area contributed by atoms with E-state index in [1.54, 1.807) is 0 Å². The van der Waals surface area contributed by atoms with Crippen LogP contribution in [-0.4, -0.2) is 53.5 Å². The summed E-state index contributed by atoms with van der Waals surface area (Å²) in [5, 5.41) is 12.6. The first-order valence-corrected chi connectivity index (χ1v) is 10.5. The summed E-state index contributed by atoms with van der Waals surface area (Å²) >= 11 is 0. The molecule has 0 radical (unpaired) electrons. The Morgan fingerprint density at radius 3 is 2.23 bits per heavy atom. The van der Waals surface area contributed by atoms with E-state index in [0.29, 0.717) is 19.4 Å². The number of ether oxygens (including phenoxy) is 1. The van der Waals surface area contributed by atoms with Crippen molar-refractivity contribution >= 4 is 17.9 Å². The molecule has 0 saturated heterocycles. The van der Waals surface area contributed by atoms with Crippen molar-refractivity contribution in [1.29, 1.82) is 5.41 Å². The van der Waals surface area contributed by atoms with Gasteiger partial charge in [0.05, 0.1) is 0 Å². The van der Waals surface area contributed by atoms with E-state index in [1.165, 1.54) is 5.01 Å². The van der Waals surface area contributed by atoms with Crippen LogP contribution in [0.25, 0.3) is 0 Å². The highest BCUT2D eigenvalue weighted by molar-refractivity contribution is 5.80. The largest absolute Gasteiger partial charge is 0.460 e. The van der Waals surface area contributed by atoms with Crippen molar-refractivity contribution in [3.63, 3.8) is 0 Å². The number of benzene rings is 1. The zero-order valence-corrected chi connectivity index (χ0v) is 18.2. The number of guanidine groups is 2. The smallest absolute Gasteiger partial charge is 0.323 e. The second-order valence-electron chi connectivity index (χ2n) is 7.17. The molecule has 0 saturated carbocycles. The van der Waals surface area contributed by atoms with Crippen molar-refractivity contribution in [1.82, 2.24) is 9.91 Å². The van der Waals surface area contributed by atoms with Crippen LogP contribution >= 0.6 is 0 Å². The SMILES string of the molecule is CCCN(CCC)[C@H](CCCCN(N=C(N)N)C(=N)N)C(=O)OCc1ccccc1. The lowest BCUT2D eigenvalue weighted by molar-refractivity contribution is -0.152. The van der Waals surface area contributed by atoms with Gasteiger partial charge in [0.2, 0.25) is 11.9 Å². The minimum absolute atomic E-state index is 0.148. The molecular formula is C21H37N7O2. The molecule has 1 aromatic carbocycles. The van der Waals surface area contributed by atoms with Gasteiger partial charge in [-0.15, -0.1) is 5.10 Å². The first-order chi connectivity index (χ1) is 14.4. The third-order valence-corrected chi connectivity index (χ3v) is 4.57. The molecule has 1 aromatic rings. The van der Waals surface area contributed by atoms with Gasteiger partial charge in [0.15, 0.2) is 0 Å². The molecule has 0 aliphatic heterocycles. The number of nitrogens with two attached hydrogens (primary N) is 3. The van der Waals surface area contributed by atoms with Crippen molar-refractivity contribution in [2.24, 2.45) is 22.3 Å². The van der Waals surface area contributed by atoms with Gasteiger partial charge in [0.25, 0.3) is 0 Å². The molecule has 0 bridgehead atoms. The number of rotatable bonds is 14. The molecule has 0 aliphatic carbocycles. The third kappa shape index (κ3) is 9.60. The van der Waals surface area contributed by atoms with Crippen LogP contribution in [0.15, 0.2) is 35.4 Å². The Morgan fingerprint density at radius 1 is 1.07 bits per heavy atom. The summed E-state index contributed by atoms with van der Waals surface area (Å²) in [5.41, 5.74) is 17.2. The lowest BCUT2D eigenvalue weighted by atomic mass is 10.1. The van der Waals surface area contributed by atoms with Crippen LogP contribution in [0, 0.1) is 5.41 Å². The van der Waals surface area contributed by atoms with E-state index < -0.39 is 0 Å². The highest BCUT2D eigenvalue weighted by Gasteiger charge is 2.26. The number of unbranched alkanes of at least 4 members (excludes halogenated alkanes) is 1. The van der Waals surface area contributed by atoms with Crippen LogP contribution < -0.4 is 17.2 Å². The monoisotopic (exact) mass is 419 g/mol. The topological polar surface area (TPSA) is 147 Å². The van der Waals surface area contributed by atoms with Crippen molar-refractivity contribution in [3.8, 4) is 0 Å². The summed E-state index contributed by atoms with van der Waals surface area (Å²) in [6, 6.07) is 9.38. The van der Waals surface area contributed by atoms with Crippen molar-refractivity contribution in [3.05, 3.63) is 35.9 Å². The maximum atomic E-state index is 12.9. The van der Waals surface area contributed by atoms with Gasteiger partial charge in [-0.2, -0.15) is 0 Å². The molecule has 0 aliphatic rings. The molecule has 0 fully saturated rings. The van der Waals surface area contributed by atoms with E-state index >= 15 is 0 Å². The van der Waals surface area contributed by atoms with Gasteiger partial charge in [-0.05, 0) is 50.8 Å². The maximum Gasteiger partial charge on any atom is 0.323 e. The van der Waals surface area contributed by atoms with Crippen LogP contribution in [0.5, 0.6) is 0 Å². The summed E-state index contributed by atoms with van der Waals surface area (Å²) in [6.45, 7) is 6.56. The van der Waals surface area contributed by atoms with Gasteiger partial charge < -0.3 is 21.9 Å². The molecule has 0 unspecified atom stereocenters. The molecular weight excluding hydrogens is 382 g/mol. The molecule has 0 spiro atoms. The number of hydrogen-bond acceptors (Lipinski definition) is 5. The minimum Gasteiger partial charge on any atom is -0.460 e. The summed E-state index contributed by atoms with van der Waals surface area (Å²) < 4.78 is 5.63. The van der Waals surface area contributed by atoms with Crippen molar-refractivity contribution in [2.75, 3.05) is 19.6 Å². The van der Waals surface area contributed by atoms with Crippen LogP contribution in [0.1, 0.15) is 51.5 Å². The Kier molecular flexibility index (Phi) is 12.0. The number of esters is 1. The molecule has 7 N–H and O–H groups in total. The molecule has 0 aromatic heterocycles. The van der Waals surface area contributed by atoms with Gasteiger partial charge in [-0.1, -0.05) is 44.2 Å². The first kappa shape index (κ1) is 25.2. The zero-order chi connectivity index (χ0) is 22.4. The van der Waals surface area contributed by atoms with E-state index in [1.807, 2.05) is 30.3 Å². The number of nitrogens with zero attached hydrogens (tertiary/aromatic N) is 3. The average Bonchev–Trinajstić information content (AvgIpc) is 2.71. The average molecular weight is 420 g/mol. The molecule has 30 heavy (non-hydrogen) atoms. The van der Waals surface area contributed by atoms with E-state index in [9.17, 15) is 4.79 Å². The van der Waals surface area contributed by atoms with Crippen LogP contribution in [0.4, 0.5) is 0 Å². The number of carbonyl (C=O) groups excluding carboxylic acids is 1. The third-order valence-electron chi connectivity index (χ3n) is 4.57. The molecule has 0 amide bonds. The number of carbonyl (C=O) groups is 1. The van der Waals surface area contributed by atoms with Gasteiger partial charge in [-0.25, -0.2) is 5.01 Å². The number of hydrogen-bond donors (Lipinski definition) is 4. The molecule has 1 rings (SSSR count). The zero-order valence-electron chi connectivity index (χ0n) is 18.2. The van der Waals surface area contributed by atoms with Gasteiger partial charge in [0, 0.05) is 6.54 Å². The van der Waals surface area contributed by atoms with E-state index in [4.69, 9.17) is 27.3 Å². The fourth-order valence-corrected chi connectivity index (χ4v) is 3.24. The Morgan fingerprint density at radius 2 is 1.70 bits per heavy atom. The molecule has 168 valence electrons. The maximum absolute atomic E-state index is 12.9. The summed E-state index contributed by atoms with van der Waals surface area (Å²) in [5.74, 6) is -0.571. The second kappa shape index (κ2) is 14.2. The van der Waals surface area contributed by atoms with Gasteiger partial charge in [0.1, 0.15) is 12.6 Å². The fraction of sp³-hybridized carbons (Fsp3) is 0.571. The number of hydrazone groups is 1. The van der Waals surface area contributed by atoms with Gasteiger partial charge >= 0.3 is 5.97 Å². The fourth-order valence-electron chi connectivity index (χ4n) is 3.24. The van der Waals surface area contributed by atoms with E-state index in [0.717, 1.165) is 37.9 Å². The van der Waals surface area contributed by atoms with Crippen molar-refractivity contribution in [2.45, 2.75) is 58.6 Å². The summed E-state index contributed by atoms with van der Waals surface area (Å²) in [7, 11) is 0. The predicted molar refractivity (Wildman–Crippen MR) is 120 cm³/mol. The lowest BCUT2D eigenvalue weighted by Crippen LogP contribution is -2.43. The van der Waals surface area contributed by atoms with Gasteiger partial charge in [-0.3, -0.25) is 15.1 Å². The lowest BCUT2D eigenvalue weighted by Gasteiger charge is -2.30. The van der Waals surface area contributed by atoms with E-state index in [2.05, 4.69) is 23.8 Å². The highest BCUT2D eigenvalue weighted by Crippen LogP contribution is 2.14. The standard InChI is InChI=1S/C21H37N7O2/c1-3-13-27(14-4-2)18(19(29)30-16-17-10-6-5-7-11-17)12-8-9-15-28(21(24)25)26-20(22)23/h5-7,10-11,18H,3-4,8-9,12-16H2,1-2H3,(H3,24,25)(H4,22,23,26)/t18-/m1/s1. The van der Waals surface area contributed by atoms with Crippen LogP contribution in [0.3, 0.4) is 0 Å². The first-order valence-electron chi connectivity index (χ1n) is 10.5. The Bertz CT molecular complexity index is 657. The summed E-state index contributed by atoms with van der Waals surface area (Å²) in [6.07, 6.45) is 4.01. The molecule has 0 heterocycles. The molecule has 9 heteroatoms. The molecule has 9 nitrogen and oxygen atoms in total. The summed E-state index contributed by atoms with van der Waals surface area (Å²) in [4.78, 5) is 15.1. The number of nitrogens with one attached hydrogen (secondary N) is 1. The molecule has 1 atom stereocenters. The minimum atomic E-state index is -0.303. The van der Waals surface area contributed by atoms with Crippen molar-refractivity contribution < 1.29 is 9.53 Å².